The zero-order valence-electron chi connectivity index (χ0n) is 15.3. The topological polar surface area (TPSA) is 135 Å². The van der Waals surface area contributed by atoms with E-state index in [-0.39, 0.29) is 11.2 Å². The molecule has 0 radical (unpaired) electrons. The van der Waals surface area contributed by atoms with Crippen molar-refractivity contribution in [3.05, 3.63) is 17.3 Å². The molecule has 0 spiro atoms. The van der Waals surface area contributed by atoms with Crippen LogP contribution < -0.4 is 0 Å². The van der Waals surface area contributed by atoms with Gasteiger partial charge >= 0.3 is 17.9 Å². The van der Waals surface area contributed by atoms with E-state index < -0.39 is 42.4 Å². The number of rotatable bonds is 5. The Morgan fingerprint density at radius 3 is 2.46 bits per heavy atom. The summed E-state index contributed by atoms with van der Waals surface area (Å²) < 4.78 is 23.5. The third kappa shape index (κ3) is 4.02. The molecular formula is C16H18N4O7S. The van der Waals surface area contributed by atoms with Crippen molar-refractivity contribution in [1.29, 1.82) is 0 Å². The fourth-order valence-electron chi connectivity index (χ4n) is 2.98. The number of hydrogen-bond acceptors (Lipinski definition) is 10. The van der Waals surface area contributed by atoms with Crippen LogP contribution in [0.1, 0.15) is 27.0 Å². The van der Waals surface area contributed by atoms with Crippen LogP contribution in [0.4, 0.5) is 0 Å². The molecule has 1 aliphatic rings. The first-order valence-electron chi connectivity index (χ1n) is 8.31. The summed E-state index contributed by atoms with van der Waals surface area (Å²) in [6.07, 6.45) is -0.920. The minimum Gasteiger partial charge on any atom is -0.463 e. The standard InChI is InChI=1S/C16H18N4O7S/c1-7(21)24-4-10-12(25-8(2)22)13(26-9(3)23)16(27-10)20-6-19-11-14(20)17-5-18-15(11)28/h5-6,10,12-13,16H,4H2,1-3H3,(H,17,18,28)/t10-,12-,13+,16-/m1/s1. The molecule has 1 saturated heterocycles. The first-order valence-corrected chi connectivity index (χ1v) is 8.72. The highest BCUT2D eigenvalue weighted by atomic mass is 32.1. The Kier molecular flexibility index (Phi) is 5.70. The summed E-state index contributed by atoms with van der Waals surface area (Å²) in [7, 11) is 0. The first-order chi connectivity index (χ1) is 13.3. The van der Waals surface area contributed by atoms with E-state index in [0.29, 0.717) is 11.2 Å². The molecule has 28 heavy (non-hydrogen) atoms. The van der Waals surface area contributed by atoms with E-state index in [2.05, 4.69) is 15.0 Å². The normalized spacial score (nSPS) is 24.1. The molecule has 4 atom stereocenters. The van der Waals surface area contributed by atoms with Gasteiger partial charge in [0, 0.05) is 20.8 Å². The molecule has 2 aromatic heterocycles. The van der Waals surface area contributed by atoms with E-state index in [4.69, 9.17) is 31.2 Å². The number of esters is 3. The average Bonchev–Trinajstić information content (AvgIpc) is 3.16. The van der Waals surface area contributed by atoms with Crippen molar-refractivity contribution in [2.45, 2.75) is 45.3 Å². The van der Waals surface area contributed by atoms with Crippen molar-refractivity contribution in [3.8, 4) is 0 Å². The number of aromatic amines is 1. The smallest absolute Gasteiger partial charge is 0.303 e. The molecule has 0 aromatic carbocycles. The molecule has 0 unspecified atom stereocenters. The van der Waals surface area contributed by atoms with Crippen molar-refractivity contribution in [1.82, 2.24) is 19.5 Å². The molecule has 0 saturated carbocycles. The highest BCUT2D eigenvalue weighted by molar-refractivity contribution is 7.71. The molecule has 0 aliphatic carbocycles. The highest BCUT2D eigenvalue weighted by Gasteiger charge is 2.50. The second kappa shape index (κ2) is 8.02. The van der Waals surface area contributed by atoms with Gasteiger partial charge in [-0.05, 0) is 0 Å². The van der Waals surface area contributed by atoms with Crippen LogP contribution in [-0.2, 0) is 33.3 Å². The maximum atomic E-state index is 11.7. The Labute approximate surface area is 163 Å². The fourth-order valence-corrected chi connectivity index (χ4v) is 3.19. The summed E-state index contributed by atoms with van der Waals surface area (Å²) >= 11 is 5.15. The number of ether oxygens (including phenoxy) is 4. The van der Waals surface area contributed by atoms with Gasteiger partial charge in [0.1, 0.15) is 23.9 Å². The number of nitrogens with one attached hydrogen (secondary N) is 1. The third-order valence-corrected chi connectivity index (χ3v) is 4.29. The minimum absolute atomic E-state index is 0.189. The second-order valence-corrected chi connectivity index (χ2v) is 6.46. The van der Waals surface area contributed by atoms with E-state index in [1.807, 2.05) is 0 Å². The minimum atomic E-state index is -1.01. The molecule has 1 fully saturated rings. The second-order valence-electron chi connectivity index (χ2n) is 6.07. The number of aromatic nitrogens is 4. The monoisotopic (exact) mass is 410 g/mol. The van der Waals surface area contributed by atoms with Gasteiger partial charge in [-0.15, -0.1) is 0 Å². The molecular weight excluding hydrogens is 392 g/mol. The van der Waals surface area contributed by atoms with Crippen LogP contribution in [0.2, 0.25) is 0 Å². The first kappa shape index (κ1) is 19.9. The Bertz CT molecular complexity index is 971. The lowest BCUT2D eigenvalue weighted by Gasteiger charge is -2.23. The number of carbonyl (C=O) groups is 3. The highest BCUT2D eigenvalue weighted by Crippen LogP contribution is 2.35. The third-order valence-electron chi connectivity index (χ3n) is 3.99. The van der Waals surface area contributed by atoms with Gasteiger partial charge in [0.2, 0.25) is 0 Å². The van der Waals surface area contributed by atoms with Crippen LogP contribution in [0.3, 0.4) is 0 Å². The molecule has 12 heteroatoms. The van der Waals surface area contributed by atoms with E-state index in [1.54, 1.807) is 4.57 Å². The lowest BCUT2D eigenvalue weighted by molar-refractivity contribution is -0.166. The van der Waals surface area contributed by atoms with E-state index in [0.717, 1.165) is 0 Å². The van der Waals surface area contributed by atoms with E-state index in [9.17, 15) is 14.4 Å². The van der Waals surface area contributed by atoms with Gasteiger partial charge < -0.3 is 23.9 Å². The van der Waals surface area contributed by atoms with Crippen LogP contribution in [-0.4, -0.2) is 62.3 Å². The number of carbonyl (C=O) groups excluding carboxylic acids is 3. The summed E-state index contributed by atoms with van der Waals surface area (Å²) in [4.78, 5) is 45.6. The number of hydrogen-bond donors (Lipinski definition) is 1. The summed E-state index contributed by atoms with van der Waals surface area (Å²) in [6.45, 7) is 3.50. The van der Waals surface area contributed by atoms with Gasteiger partial charge in [0.15, 0.2) is 23.1 Å². The predicted molar refractivity (Wildman–Crippen MR) is 94.4 cm³/mol. The maximum Gasteiger partial charge on any atom is 0.303 e. The molecule has 3 heterocycles. The summed E-state index contributed by atoms with van der Waals surface area (Å²) in [5.74, 6) is -1.72. The van der Waals surface area contributed by atoms with Crippen LogP contribution in [0.25, 0.3) is 11.2 Å². The lowest BCUT2D eigenvalue weighted by Crippen LogP contribution is -2.40. The molecule has 1 N–H and O–H groups in total. The van der Waals surface area contributed by atoms with E-state index in [1.165, 1.54) is 33.4 Å². The summed E-state index contributed by atoms with van der Waals surface area (Å²) in [5.41, 5.74) is 0.909. The molecule has 0 amide bonds. The number of imidazole rings is 1. The predicted octanol–water partition coefficient (Wildman–Crippen LogP) is 0.813. The molecule has 2 aromatic rings. The molecule has 150 valence electrons. The SMILES string of the molecule is CC(=O)OC[C@H]1O[C@@H](n2cnc3c(=S)nc[nH]c32)[C@@H](OC(C)=O)[C@@H]1OC(C)=O. The molecule has 1 aliphatic heterocycles. The Morgan fingerprint density at radius 2 is 1.82 bits per heavy atom. The number of H-pyrrole nitrogens is 1. The van der Waals surface area contributed by atoms with Crippen molar-refractivity contribution in [3.63, 3.8) is 0 Å². The van der Waals surface area contributed by atoms with Gasteiger partial charge in [0.05, 0.1) is 12.7 Å². The number of nitrogens with zero attached hydrogens (tertiary/aromatic N) is 3. The Balaban J connectivity index is 2.02. The average molecular weight is 410 g/mol. The van der Waals surface area contributed by atoms with E-state index >= 15 is 0 Å². The zero-order valence-corrected chi connectivity index (χ0v) is 16.1. The van der Waals surface area contributed by atoms with Gasteiger partial charge in [-0.25, -0.2) is 9.97 Å². The van der Waals surface area contributed by atoms with Gasteiger partial charge in [0.25, 0.3) is 0 Å². The van der Waals surface area contributed by atoms with Gasteiger partial charge in [-0.3, -0.25) is 19.0 Å². The molecule has 0 bridgehead atoms. The Hall–Kier alpha value is -2.86. The Morgan fingerprint density at radius 1 is 1.14 bits per heavy atom. The summed E-state index contributed by atoms with van der Waals surface area (Å²) in [5, 5.41) is 0. The maximum absolute atomic E-state index is 11.7. The number of fused-ring (bicyclic) bond motifs is 1. The lowest BCUT2D eigenvalue weighted by atomic mass is 10.1. The molecule has 11 nitrogen and oxygen atoms in total. The molecule has 3 rings (SSSR count). The van der Waals surface area contributed by atoms with Crippen LogP contribution in [0.5, 0.6) is 0 Å². The van der Waals surface area contributed by atoms with Crippen molar-refractivity contribution in [2.75, 3.05) is 6.61 Å². The quantitative estimate of drug-likeness (QED) is 0.428. The van der Waals surface area contributed by atoms with Crippen LogP contribution in [0.15, 0.2) is 12.7 Å². The largest absolute Gasteiger partial charge is 0.463 e. The van der Waals surface area contributed by atoms with Crippen LogP contribution >= 0.6 is 12.2 Å². The fraction of sp³-hybridized carbons (Fsp3) is 0.500. The summed E-state index contributed by atoms with van der Waals surface area (Å²) in [6, 6.07) is 0. The van der Waals surface area contributed by atoms with Crippen molar-refractivity contribution in [2.24, 2.45) is 0 Å². The van der Waals surface area contributed by atoms with Crippen LogP contribution in [0, 0.1) is 4.64 Å². The zero-order chi connectivity index (χ0) is 20.4. The van der Waals surface area contributed by atoms with Gasteiger partial charge in [-0.2, -0.15) is 0 Å². The van der Waals surface area contributed by atoms with Crippen molar-refractivity contribution >= 4 is 41.3 Å². The van der Waals surface area contributed by atoms with Gasteiger partial charge in [-0.1, -0.05) is 12.2 Å². The van der Waals surface area contributed by atoms with Crippen molar-refractivity contribution < 1.29 is 33.3 Å².